The Kier molecular flexibility index (Phi) is 2.82. The fourth-order valence-corrected chi connectivity index (χ4v) is 3.03. The van der Waals surface area contributed by atoms with Crippen molar-refractivity contribution in [2.24, 2.45) is 0 Å². The summed E-state index contributed by atoms with van der Waals surface area (Å²) in [7, 11) is 0. The van der Waals surface area contributed by atoms with Crippen molar-refractivity contribution < 1.29 is 9.90 Å². The average Bonchev–Trinajstić information content (AvgIpc) is 3.02. The molecule has 1 aliphatic heterocycles. The Labute approximate surface area is 126 Å². The molecule has 4 rings (SSSR count). The maximum absolute atomic E-state index is 11.6. The standard InChI is InChI=1S/C16H14N4O2/c21-16(22)20-6-5-12-14(19-9-18-12)15(20)13-7-10-3-1-2-4-11(10)8-17-13/h1-4,7-9,15H,5-6H2,(H,18,19)(H,21,22)/t15-/m0/s1. The van der Waals surface area contributed by atoms with Gasteiger partial charge in [0.25, 0.3) is 0 Å². The third kappa shape index (κ3) is 1.92. The minimum atomic E-state index is -0.950. The molecule has 2 N–H and O–H groups in total. The zero-order valence-corrected chi connectivity index (χ0v) is 11.7. The molecule has 6 nitrogen and oxygen atoms in total. The van der Waals surface area contributed by atoms with E-state index in [1.54, 1.807) is 12.5 Å². The molecule has 1 aliphatic rings. The lowest BCUT2D eigenvalue weighted by Crippen LogP contribution is -2.40. The Morgan fingerprint density at radius 1 is 1.27 bits per heavy atom. The molecule has 0 fully saturated rings. The Morgan fingerprint density at radius 3 is 2.91 bits per heavy atom. The van der Waals surface area contributed by atoms with Crippen molar-refractivity contribution >= 4 is 16.9 Å². The van der Waals surface area contributed by atoms with E-state index in [1.807, 2.05) is 30.3 Å². The van der Waals surface area contributed by atoms with E-state index in [0.717, 1.165) is 22.2 Å². The number of rotatable bonds is 1. The number of amides is 1. The summed E-state index contributed by atoms with van der Waals surface area (Å²) in [6.45, 7) is 0.434. The summed E-state index contributed by atoms with van der Waals surface area (Å²) in [6, 6.07) is 9.39. The smallest absolute Gasteiger partial charge is 0.408 e. The van der Waals surface area contributed by atoms with Gasteiger partial charge in [-0.3, -0.25) is 9.88 Å². The van der Waals surface area contributed by atoms with Gasteiger partial charge in [0.05, 0.1) is 17.7 Å². The number of aromatic nitrogens is 3. The first-order valence-electron chi connectivity index (χ1n) is 7.10. The first-order valence-corrected chi connectivity index (χ1v) is 7.10. The molecule has 2 aromatic heterocycles. The molecule has 0 aliphatic carbocycles. The molecule has 1 aromatic carbocycles. The van der Waals surface area contributed by atoms with Crippen LogP contribution in [0.25, 0.3) is 10.8 Å². The normalized spacial score (nSPS) is 17.5. The molecule has 0 saturated carbocycles. The molecule has 110 valence electrons. The molecule has 6 heteroatoms. The number of carboxylic acid groups (broad SMARTS) is 1. The highest BCUT2D eigenvalue weighted by atomic mass is 16.4. The predicted octanol–water partition coefficient (Wildman–Crippen LogP) is 2.58. The zero-order chi connectivity index (χ0) is 15.1. The van der Waals surface area contributed by atoms with E-state index in [-0.39, 0.29) is 0 Å². The third-order valence-electron chi connectivity index (χ3n) is 4.10. The lowest BCUT2D eigenvalue weighted by molar-refractivity contribution is 0.127. The van der Waals surface area contributed by atoms with Gasteiger partial charge in [-0.05, 0) is 11.5 Å². The number of carbonyl (C=O) groups is 1. The van der Waals surface area contributed by atoms with Gasteiger partial charge in [0, 0.05) is 30.2 Å². The lowest BCUT2D eigenvalue weighted by Gasteiger charge is -2.32. The summed E-state index contributed by atoms with van der Waals surface area (Å²) in [5.74, 6) is 0. The maximum atomic E-state index is 11.6. The summed E-state index contributed by atoms with van der Waals surface area (Å²) in [5.41, 5.74) is 2.43. The largest absolute Gasteiger partial charge is 0.465 e. The van der Waals surface area contributed by atoms with Gasteiger partial charge in [-0.25, -0.2) is 9.78 Å². The van der Waals surface area contributed by atoms with Crippen molar-refractivity contribution in [3.63, 3.8) is 0 Å². The summed E-state index contributed by atoms with van der Waals surface area (Å²) in [4.78, 5) is 24.9. The molecule has 0 saturated heterocycles. The van der Waals surface area contributed by atoms with Crippen LogP contribution in [0.3, 0.4) is 0 Å². The van der Waals surface area contributed by atoms with Crippen LogP contribution in [0.2, 0.25) is 0 Å². The molecular formula is C16H14N4O2. The monoisotopic (exact) mass is 294 g/mol. The number of imidazole rings is 1. The van der Waals surface area contributed by atoms with Gasteiger partial charge in [0.15, 0.2) is 0 Å². The molecule has 0 unspecified atom stereocenters. The fourth-order valence-electron chi connectivity index (χ4n) is 3.03. The predicted molar refractivity (Wildman–Crippen MR) is 80.6 cm³/mol. The van der Waals surface area contributed by atoms with Crippen molar-refractivity contribution in [1.29, 1.82) is 0 Å². The minimum Gasteiger partial charge on any atom is -0.465 e. The molecule has 0 spiro atoms. The number of H-pyrrole nitrogens is 1. The van der Waals surface area contributed by atoms with Crippen LogP contribution < -0.4 is 0 Å². The summed E-state index contributed by atoms with van der Waals surface area (Å²) < 4.78 is 0. The second-order valence-electron chi connectivity index (χ2n) is 5.35. The molecule has 0 radical (unpaired) electrons. The van der Waals surface area contributed by atoms with Crippen LogP contribution in [0.5, 0.6) is 0 Å². The Hall–Kier alpha value is -2.89. The number of hydrogen-bond donors (Lipinski definition) is 2. The van der Waals surface area contributed by atoms with E-state index in [4.69, 9.17) is 0 Å². The van der Waals surface area contributed by atoms with Crippen molar-refractivity contribution in [2.75, 3.05) is 6.54 Å². The average molecular weight is 294 g/mol. The molecule has 1 amide bonds. The van der Waals surface area contributed by atoms with Crippen molar-refractivity contribution in [3.8, 4) is 0 Å². The van der Waals surface area contributed by atoms with Crippen molar-refractivity contribution in [1.82, 2.24) is 19.9 Å². The molecule has 1 atom stereocenters. The zero-order valence-electron chi connectivity index (χ0n) is 11.7. The van der Waals surface area contributed by atoms with Crippen molar-refractivity contribution in [3.05, 3.63) is 59.9 Å². The van der Waals surface area contributed by atoms with E-state index in [2.05, 4.69) is 15.0 Å². The van der Waals surface area contributed by atoms with Gasteiger partial charge in [0.2, 0.25) is 0 Å². The summed E-state index contributed by atoms with van der Waals surface area (Å²) >= 11 is 0. The highest BCUT2D eigenvalue weighted by Gasteiger charge is 2.34. The number of nitrogens with one attached hydrogen (secondary N) is 1. The van der Waals surface area contributed by atoms with Crippen LogP contribution in [-0.4, -0.2) is 37.6 Å². The topological polar surface area (TPSA) is 82.1 Å². The number of nitrogens with zero attached hydrogens (tertiary/aromatic N) is 3. The van der Waals surface area contributed by atoms with Crippen LogP contribution in [0, 0.1) is 0 Å². The van der Waals surface area contributed by atoms with Gasteiger partial charge < -0.3 is 10.1 Å². The van der Waals surface area contributed by atoms with E-state index in [9.17, 15) is 9.90 Å². The molecule has 0 bridgehead atoms. The number of hydrogen-bond acceptors (Lipinski definition) is 3. The maximum Gasteiger partial charge on any atom is 0.408 e. The van der Waals surface area contributed by atoms with Gasteiger partial charge in [-0.2, -0.15) is 0 Å². The van der Waals surface area contributed by atoms with Crippen LogP contribution in [-0.2, 0) is 6.42 Å². The lowest BCUT2D eigenvalue weighted by atomic mass is 9.98. The van der Waals surface area contributed by atoms with Gasteiger partial charge in [0.1, 0.15) is 6.04 Å². The fraction of sp³-hybridized carbons (Fsp3) is 0.188. The molecule has 3 aromatic rings. The Morgan fingerprint density at radius 2 is 2.09 bits per heavy atom. The number of pyridine rings is 1. The first-order chi connectivity index (χ1) is 10.7. The van der Waals surface area contributed by atoms with Crippen molar-refractivity contribution in [2.45, 2.75) is 12.5 Å². The second-order valence-corrected chi connectivity index (χ2v) is 5.35. The third-order valence-corrected chi connectivity index (χ3v) is 4.10. The Bertz CT molecular complexity index is 858. The Balaban J connectivity index is 1.88. The first kappa shape index (κ1) is 12.8. The molecule has 22 heavy (non-hydrogen) atoms. The quantitative estimate of drug-likeness (QED) is 0.722. The van der Waals surface area contributed by atoms with Gasteiger partial charge in [-0.15, -0.1) is 0 Å². The van der Waals surface area contributed by atoms with Crippen LogP contribution in [0.4, 0.5) is 4.79 Å². The molecule has 3 heterocycles. The number of fused-ring (bicyclic) bond motifs is 2. The number of benzene rings is 1. The van der Waals surface area contributed by atoms with E-state index in [0.29, 0.717) is 18.7 Å². The van der Waals surface area contributed by atoms with E-state index in [1.165, 1.54) is 4.90 Å². The highest BCUT2D eigenvalue weighted by molar-refractivity contribution is 5.82. The SMILES string of the molecule is O=C(O)N1CCc2[nH]cnc2[C@@H]1c1cc2ccccc2cn1. The summed E-state index contributed by atoms with van der Waals surface area (Å²) in [6.07, 6.45) is 3.09. The van der Waals surface area contributed by atoms with Gasteiger partial charge in [-0.1, -0.05) is 24.3 Å². The van der Waals surface area contributed by atoms with Crippen LogP contribution in [0.15, 0.2) is 42.9 Å². The second kappa shape index (κ2) is 4.84. The summed E-state index contributed by atoms with van der Waals surface area (Å²) in [5, 5.41) is 11.6. The van der Waals surface area contributed by atoms with Gasteiger partial charge >= 0.3 is 6.09 Å². The van der Waals surface area contributed by atoms with Crippen LogP contribution >= 0.6 is 0 Å². The number of aromatic amines is 1. The van der Waals surface area contributed by atoms with Crippen LogP contribution in [0.1, 0.15) is 23.1 Å². The van der Waals surface area contributed by atoms with E-state index < -0.39 is 12.1 Å². The minimum absolute atomic E-state index is 0.434. The highest BCUT2D eigenvalue weighted by Crippen LogP contribution is 2.33. The van der Waals surface area contributed by atoms with E-state index >= 15 is 0 Å². The molecular weight excluding hydrogens is 280 g/mol.